The van der Waals surface area contributed by atoms with Crippen LogP contribution < -0.4 is 4.72 Å². The molecule has 7 nitrogen and oxygen atoms in total. The fraction of sp³-hybridized carbons (Fsp3) is 0.185. The molecule has 0 bridgehead atoms. The Labute approximate surface area is 206 Å². The topological polar surface area (TPSA) is 92.8 Å². The highest BCUT2D eigenvalue weighted by atomic mass is 32.2. The van der Waals surface area contributed by atoms with E-state index in [1.54, 1.807) is 29.2 Å². The van der Waals surface area contributed by atoms with E-state index in [1.807, 2.05) is 66.7 Å². The van der Waals surface area contributed by atoms with Gasteiger partial charge in [-0.2, -0.15) is 0 Å². The third kappa shape index (κ3) is 9.56. The van der Waals surface area contributed by atoms with Gasteiger partial charge in [-0.3, -0.25) is 9.59 Å². The minimum Gasteiger partial charge on any atom is -0.455 e. The summed E-state index contributed by atoms with van der Waals surface area (Å²) in [6.07, 6.45) is 2.08. The highest BCUT2D eigenvalue weighted by Crippen LogP contribution is 2.08. The number of sulfonamides is 1. The molecule has 182 valence electrons. The molecule has 0 radical (unpaired) electrons. The molecule has 0 aliphatic heterocycles. The van der Waals surface area contributed by atoms with Gasteiger partial charge in [-0.1, -0.05) is 91.0 Å². The van der Waals surface area contributed by atoms with Gasteiger partial charge in [0.05, 0.1) is 0 Å². The van der Waals surface area contributed by atoms with Crippen LogP contribution in [0.2, 0.25) is 0 Å². The monoisotopic (exact) mass is 492 g/mol. The summed E-state index contributed by atoms with van der Waals surface area (Å²) in [5.41, 5.74) is 2.76. The maximum atomic E-state index is 12.8. The molecule has 0 atom stereocenters. The molecule has 0 saturated carbocycles. The van der Waals surface area contributed by atoms with Crippen molar-refractivity contribution in [3.63, 3.8) is 0 Å². The number of benzene rings is 3. The Hall–Kier alpha value is -3.75. The van der Waals surface area contributed by atoms with Gasteiger partial charge in [-0.25, -0.2) is 13.1 Å². The molecular weight excluding hydrogens is 464 g/mol. The lowest BCUT2D eigenvalue weighted by Crippen LogP contribution is -2.37. The number of nitrogens with zero attached hydrogens (tertiary/aromatic N) is 1. The van der Waals surface area contributed by atoms with Crippen molar-refractivity contribution < 1.29 is 22.7 Å². The lowest BCUT2D eigenvalue weighted by molar-refractivity contribution is -0.151. The Morgan fingerprint density at radius 3 is 2.03 bits per heavy atom. The van der Waals surface area contributed by atoms with Gasteiger partial charge in [0.25, 0.3) is 5.91 Å². The molecular formula is C27H28N2O5S. The number of ether oxygens (including phenoxy) is 1. The van der Waals surface area contributed by atoms with E-state index in [0.717, 1.165) is 16.5 Å². The number of hydrogen-bond donors (Lipinski definition) is 1. The third-order valence-corrected chi connectivity index (χ3v) is 6.14. The van der Waals surface area contributed by atoms with Crippen molar-refractivity contribution in [2.24, 2.45) is 0 Å². The van der Waals surface area contributed by atoms with Crippen LogP contribution in [0.15, 0.2) is 96.4 Å². The Morgan fingerprint density at radius 1 is 0.829 bits per heavy atom. The summed E-state index contributed by atoms with van der Waals surface area (Å²) in [7, 11) is -3.84. The Balaban J connectivity index is 1.51. The van der Waals surface area contributed by atoms with Gasteiger partial charge in [-0.15, -0.1) is 0 Å². The van der Waals surface area contributed by atoms with Gasteiger partial charge in [0.15, 0.2) is 6.61 Å². The zero-order valence-corrected chi connectivity index (χ0v) is 20.1. The Bertz CT molecular complexity index is 1210. The van der Waals surface area contributed by atoms with Crippen molar-refractivity contribution in [2.45, 2.75) is 13.0 Å². The molecule has 1 N–H and O–H groups in total. The summed E-state index contributed by atoms with van der Waals surface area (Å²) in [4.78, 5) is 26.5. The summed E-state index contributed by atoms with van der Waals surface area (Å²) < 4.78 is 31.4. The van der Waals surface area contributed by atoms with Crippen LogP contribution >= 0.6 is 0 Å². The van der Waals surface area contributed by atoms with E-state index >= 15 is 0 Å². The second-order valence-corrected chi connectivity index (χ2v) is 9.43. The van der Waals surface area contributed by atoms with Gasteiger partial charge >= 0.3 is 5.97 Å². The number of carbonyl (C=O) groups is 2. The standard InChI is InChI=1S/C27H28N2O5S/c30-26(22-34-27(31)20-28-35(32,33)19-17-24-12-6-2-7-13-24)29(21-25-14-8-3-9-15-25)18-16-23-10-4-1-5-11-23/h1-15,17,19,28H,16,18,20-22H2/b19-17+. The largest absolute Gasteiger partial charge is 0.455 e. The summed E-state index contributed by atoms with van der Waals surface area (Å²) in [6, 6.07) is 28.2. The molecule has 8 heteroatoms. The van der Waals surface area contributed by atoms with Crippen molar-refractivity contribution >= 4 is 28.0 Å². The van der Waals surface area contributed by atoms with E-state index < -0.39 is 29.1 Å². The third-order valence-electron chi connectivity index (χ3n) is 5.10. The van der Waals surface area contributed by atoms with Crippen LogP contribution in [-0.2, 0) is 37.3 Å². The summed E-state index contributed by atoms with van der Waals surface area (Å²) in [6.45, 7) is -0.216. The Kier molecular flexibility index (Phi) is 9.77. The maximum absolute atomic E-state index is 12.8. The number of rotatable bonds is 12. The highest BCUT2D eigenvalue weighted by molar-refractivity contribution is 7.92. The number of hydrogen-bond acceptors (Lipinski definition) is 5. The molecule has 0 aromatic heterocycles. The molecule has 0 spiro atoms. The summed E-state index contributed by atoms with van der Waals surface area (Å²) in [5, 5.41) is 0.978. The van der Waals surface area contributed by atoms with E-state index in [9.17, 15) is 18.0 Å². The number of nitrogens with one attached hydrogen (secondary N) is 1. The van der Waals surface area contributed by atoms with Crippen LogP contribution in [0, 0.1) is 0 Å². The number of carbonyl (C=O) groups excluding carboxylic acids is 2. The fourth-order valence-corrected chi connectivity index (χ4v) is 3.98. The minimum absolute atomic E-state index is 0.357. The fourth-order valence-electron chi connectivity index (χ4n) is 3.23. The average Bonchev–Trinajstić information content (AvgIpc) is 2.89. The molecule has 0 aliphatic rings. The van der Waals surface area contributed by atoms with E-state index in [2.05, 4.69) is 4.72 Å². The first-order valence-corrected chi connectivity index (χ1v) is 12.7. The van der Waals surface area contributed by atoms with Gasteiger partial charge in [-0.05, 0) is 29.2 Å². The van der Waals surface area contributed by atoms with Gasteiger partial charge in [0, 0.05) is 18.5 Å². The van der Waals surface area contributed by atoms with Crippen molar-refractivity contribution in [3.8, 4) is 0 Å². The maximum Gasteiger partial charge on any atom is 0.321 e. The molecule has 0 fully saturated rings. The quantitative estimate of drug-likeness (QED) is 0.391. The van der Waals surface area contributed by atoms with E-state index in [-0.39, 0.29) is 5.91 Å². The SMILES string of the molecule is O=C(CNS(=O)(=O)/C=C/c1ccccc1)OCC(=O)N(CCc1ccccc1)Cc1ccccc1. The molecule has 0 heterocycles. The van der Waals surface area contributed by atoms with Crippen molar-refractivity contribution in [1.82, 2.24) is 9.62 Å². The highest BCUT2D eigenvalue weighted by Gasteiger charge is 2.17. The lowest BCUT2D eigenvalue weighted by atomic mass is 10.1. The molecule has 35 heavy (non-hydrogen) atoms. The molecule has 3 aromatic carbocycles. The smallest absolute Gasteiger partial charge is 0.321 e. The molecule has 3 aromatic rings. The number of esters is 1. The minimum atomic E-state index is -3.84. The first kappa shape index (κ1) is 25.9. The van der Waals surface area contributed by atoms with Crippen LogP contribution in [0.5, 0.6) is 0 Å². The Morgan fingerprint density at radius 2 is 1.40 bits per heavy atom. The molecule has 3 rings (SSSR count). The molecule has 0 aliphatic carbocycles. The van der Waals surface area contributed by atoms with Crippen LogP contribution in [0.4, 0.5) is 0 Å². The summed E-state index contributed by atoms with van der Waals surface area (Å²) >= 11 is 0. The van der Waals surface area contributed by atoms with E-state index in [4.69, 9.17) is 4.74 Å². The summed E-state index contributed by atoms with van der Waals surface area (Å²) in [5.74, 6) is -1.19. The van der Waals surface area contributed by atoms with Crippen molar-refractivity contribution in [1.29, 1.82) is 0 Å². The second-order valence-electron chi connectivity index (χ2n) is 7.78. The lowest BCUT2D eigenvalue weighted by Gasteiger charge is -2.23. The zero-order valence-electron chi connectivity index (χ0n) is 19.2. The number of amides is 1. The average molecular weight is 493 g/mol. The van der Waals surface area contributed by atoms with Crippen LogP contribution in [0.1, 0.15) is 16.7 Å². The predicted octanol–water partition coefficient (Wildman–Crippen LogP) is 3.39. The van der Waals surface area contributed by atoms with Crippen LogP contribution in [0.25, 0.3) is 6.08 Å². The van der Waals surface area contributed by atoms with Gasteiger partial charge in [0.1, 0.15) is 6.54 Å². The van der Waals surface area contributed by atoms with Crippen molar-refractivity contribution in [3.05, 3.63) is 113 Å². The van der Waals surface area contributed by atoms with Crippen LogP contribution in [0.3, 0.4) is 0 Å². The first-order chi connectivity index (χ1) is 16.9. The molecule has 1 amide bonds. The van der Waals surface area contributed by atoms with E-state index in [1.165, 1.54) is 6.08 Å². The predicted molar refractivity (Wildman–Crippen MR) is 135 cm³/mol. The van der Waals surface area contributed by atoms with E-state index in [0.29, 0.717) is 25.1 Å². The van der Waals surface area contributed by atoms with Gasteiger partial charge < -0.3 is 9.64 Å². The first-order valence-electron chi connectivity index (χ1n) is 11.2. The van der Waals surface area contributed by atoms with Gasteiger partial charge in [0.2, 0.25) is 10.0 Å². The molecule has 0 unspecified atom stereocenters. The zero-order chi connectivity index (χ0) is 24.9. The second kappa shape index (κ2) is 13.2. The molecule has 0 saturated heterocycles. The normalized spacial score (nSPS) is 11.3. The van der Waals surface area contributed by atoms with Crippen molar-refractivity contribution in [2.75, 3.05) is 19.7 Å². The van der Waals surface area contributed by atoms with Crippen LogP contribution in [-0.4, -0.2) is 44.9 Å².